The minimum absolute atomic E-state index is 0.00426. The summed E-state index contributed by atoms with van der Waals surface area (Å²) in [5.74, 6) is 0.686. The van der Waals surface area contributed by atoms with Crippen LogP contribution in [0.4, 0.5) is 5.13 Å². The standard InChI is InChI=1S/C21H29N7OS/c1-26-8-10-28(11-9-26)21-23-12-15(30-21)13-27-7-5-17-16(14-27)20(29)25-19(24-17)18-4-2-3-6-22-18/h12H,2-11,13-14H2,1H3,(H,24,25,29). The van der Waals surface area contributed by atoms with Crippen molar-refractivity contribution in [2.45, 2.75) is 38.8 Å². The summed E-state index contributed by atoms with van der Waals surface area (Å²) < 4.78 is 0. The molecule has 0 atom stereocenters. The number of likely N-dealkylation sites (N-methyl/N-ethyl adjacent to an activating group) is 1. The quantitative estimate of drug-likeness (QED) is 0.797. The summed E-state index contributed by atoms with van der Waals surface area (Å²) in [6.45, 7) is 7.48. The minimum Gasteiger partial charge on any atom is -0.346 e. The van der Waals surface area contributed by atoms with Crippen LogP contribution >= 0.6 is 11.3 Å². The molecule has 0 aromatic carbocycles. The summed E-state index contributed by atoms with van der Waals surface area (Å²) in [6, 6.07) is 0. The van der Waals surface area contributed by atoms with Crippen LogP contribution in [0.15, 0.2) is 16.0 Å². The number of fused-ring (bicyclic) bond motifs is 1. The lowest BCUT2D eigenvalue weighted by molar-refractivity contribution is 0.243. The lowest BCUT2D eigenvalue weighted by Crippen LogP contribution is -2.44. The van der Waals surface area contributed by atoms with Crippen LogP contribution in [-0.2, 0) is 19.5 Å². The third-order valence-corrected chi connectivity index (χ3v) is 7.28. The Morgan fingerprint density at radius 1 is 1.13 bits per heavy atom. The zero-order chi connectivity index (χ0) is 20.5. The van der Waals surface area contributed by atoms with Crippen molar-refractivity contribution < 1.29 is 0 Å². The largest absolute Gasteiger partial charge is 0.346 e. The van der Waals surface area contributed by atoms with Crippen molar-refractivity contribution in [3.63, 3.8) is 0 Å². The van der Waals surface area contributed by atoms with Gasteiger partial charge in [0.1, 0.15) is 0 Å². The van der Waals surface area contributed by atoms with E-state index in [1.165, 1.54) is 4.88 Å². The van der Waals surface area contributed by atoms with Gasteiger partial charge in [-0.3, -0.25) is 14.7 Å². The topological polar surface area (TPSA) is 80.7 Å². The molecule has 0 unspecified atom stereocenters. The van der Waals surface area contributed by atoms with Gasteiger partial charge in [0.15, 0.2) is 11.0 Å². The Morgan fingerprint density at radius 3 is 2.80 bits per heavy atom. The van der Waals surface area contributed by atoms with Gasteiger partial charge in [-0.05, 0) is 26.3 Å². The van der Waals surface area contributed by atoms with Crippen molar-refractivity contribution in [3.8, 4) is 0 Å². The first kappa shape index (κ1) is 19.8. The molecule has 3 aliphatic rings. The second-order valence-corrected chi connectivity index (χ2v) is 9.58. The number of rotatable bonds is 4. The number of nitrogens with zero attached hydrogens (tertiary/aromatic N) is 6. The van der Waals surface area contributed by atoms with Gasteiger partial charge in [0.25, 0.3) is 5.56 Å². The number of piperazine rings is 1. The van der Waals surface area contributed by atoms with Gasteiger partial charge in [0.2, 0.25) is 0 Å². The summed E-state index contributed by atoms with van der Waals surface area (Å²) in [6.07, 6.45) is 5.97. The Labute approximate surface area is 180 Å². The van der Waals surface area contributed by atoms with Crippen LogP contribution in [-0.4, -0.2) is 76.8 Å². The molecule has 3 aliphatic heterocycles. The van der Waals surface area contributed by atoms with E-state index in [4.69, 9.17) is 4.98 Å². The number of aromatic nitrogens is 3. The first-order valence-electron chi connectivity index (χ1n) is 10.9. The normalized spacial score (nSPS) is 20.8. The van der Waals surface area contributed by atoms with Gasteiger partial charge in [-0.15, -0.1) is 11.3 Å². The molecule has 0 bridgehead atoms. The molecule has 2 aromatic heterocycles. The zero-order valence-corrected chi connectivity index (χ0v) is 18.4. The Hall–Kier alpha value is -2.10. The maximum absolute atomic E-state index is 12.8. The van der Waals surface area contributed by atoms with Crippen LogP contribution < -0.4 is 10.5 Å². The van der Waals surface area contributed by atoms with E-state index >= 15 is 0 Å². The van der Waals surface area contributed by atoms with Gasteiger partial charge in [-0.2, -0.15) is 0 Å². The smallest absolute Gasteiger partial charge is 0.255 e. The van der Waals surface area contributed by atoms with Gasteiger partial charge in [0, 0.05) is 69.9 Å². The van der Waals surface area contributed by atoms with Gasteiger partial charge < -0.3 is 14.8 Å². The molecule has 5 rings (SSSR count). The highest BCUT2D eigenvalue weighted by Crippen LogP contribution is 2.26. The lowest BCUT2D eigenvalue weighted by Gasteiger charge is -2.32. The monoisotopic (exact) mass is 427 g/mol. The number of aromatic amines is 1. The van der Waals surface area contributed by atoms with E-state index in [0.717, 1.165) is 93.6 Å². The van der Waals surface area contributed by atoms with Gasteiger partial charge in [-0.1, -0.05) is 0 Å². The number of hydrogen-bond donors (Lipinski definition) is 1. The predicted octanol–water partition coefficient (Wildman–Crippen LogP) is 1.51. The maximum atomic E-state index is 12.8. The summed E-state index contributed by atoms with van der Waals surface area (Å²) in [4.78, 5) is 38.1. The van der Waals surface area contributed by atoms with Crippen LogP contribution in [0.25, 0.3) is 0 Å². The zero-order valence-electron chi connectivity index (χ0n) is 17.6. The fraction of sp³-hybridized carbons (Fsp3) is 0.619. The van der Waals surface area contributed by atoms with Crippen molar-refractivity contribution in [1.29, 1.82) is 0 Å². The molecule has 0 radical (unpaired) electrons. The van der Waals surface area contributed by atoms with Gasteiger partial charge >= 0.3 is 0 Å². The van der Waals surface area contributed by atoms with Crippen molar-refractivity contribution in [2.24, 2.45) is 4.99 Å². The molecule has 1 saturated heterocycles. The molecule has 1 fully saturated rings. The van der Waals surface area contributed by atoms with E-state index in [2.05, 4.69) is 36.7 Å². The third kappa shape index (κ3) is 4.19. The minimum atomic E-state index is -0.00426. The average molecular weight is 428 g/mol. The van der Waals surface area contributed by atoms with E-state index in [0.29, 0.717) is 12.4 Å². The molecule has 0 saturated carbocycles. The number of aliphatic imine (C=N–C) groups is 1. The summed E-state index contributed by atoms with van der Waals surface area (Å²) >= 11 is 1.78. The number of nitrogens with one attached hydrogen (secondary N) is 1. The fourth-order valence-electron chi connectivity index (χ4n) is 4.38. The molecule has 30 heavy (non-hydrogen) atoms. The predicted molar refractivity (Wildman–Crippen MR) is 120 cm³/mol. The Balaban J connectivity index is 1.26. The fourth-order valence-corrected chi connectivity index (χ4v) is 5.38. The van der Waals surface area contributed by atoms with E-state index in [9.17, 15) is 4.79 Å². The number of H-pyrrole nitrogens is 1. The molecule has 1 N–H and O–H groups in total. The van der Waals surface area contributed by atoms with Crippen molar-refractivity contribution >= 4 is 22.2 Å². The molecule has 5 heterocycles. The van der Waals surface area contributed by atoms with Crippen LogP contribution in [0, 0.1) is 0 Å². The number of hydrogen-bond acceptors (Lipinski definition) is 8. The first-order valence-corrected chi connectivity index (χ1v) is 11.7. The number of anilines is 1. The molecular formula is C21H29N7OS. The molecule has 8 nitrogen and oxygen atoms in total. The highest BCUT2D eigenvalue weighted by Gasteiger charge is 2.24. The van der Waals surface area contributed by atoms with Crippen molar-refractivity contribution in [3.05, 3.63) is 38.5 Å². The van der Waals surface area contributed by atoms with E-state index in [1.807, 2.05) is 6.20 Å². The van der Waals surface area contributed by atoms with E-state index in [-0.39, 0.29) is 5.56 Å². The first-order chi connectivity index (χ1) is 14.7. The summed E-state index contributed by atoms with van der Waals surface area (Å²) in [5, 5.41) is 1.12. The Bertz CT molecular complexity index is 989. The molecule has 2 aromatic rings. The molecule has 0 spiro atoms. The Morgan fingerprint density at radius 2 is 2.00 bits per heavy atom. The molecule has 160 valence electrons. The molecule has 0 aliphatic carbocycles. The van der Waals surface area contributed by atoms with Crippen molar-refractivity contribution in [1.82, 2.24) is 24.8 Å². The lowest BCUT2D eigenvalue weighted by atomic mass is 10.1. The second-order valence-electron chi connectivity index (χ2n) is 8.49. The highest BCUT2D eigenvalue weighted by atomic mass is 32.1. The van der Waals surface area contributed by atoms with E-state index < -0.39 is 0 Å². The van der Waals surface area contributed by atoms with E-state index in [1.54, 1.807) is 11.3 Å². The van der Waals surface area contributed by atoms with Crippen LogP contribution in [0.2, 0.25) is 0 Å². The average Bonchev–Trinajstić information content (AvgIpc) is 3.23. The maximum Gasteiger partial charge on any atom is 0.255 e. The van der Waals surface area contributed by atoms with Crippen molar-refractivity contribution in [2.75, 3.05) is 51.2 Å². The third-order valence-electron chi connectivity index (χ3n) is 6.24. The number of thiazole rings is 1. The SMILES string of the molecule is CN1CCN(c2ncc(CN3CCc4nc(C5=NCCCC5)[nH]c(=O)c4C3)s2)CC1. The summed E-state index contributed by atoms with van der Waals surface area (Å²) in [7, 11) is 2.17. The molecule has 9 heteroatoms. The second kappa shape index (κ2) is 8.56. The van der Waals surface area contributed by atoms with Crippen LogP contribution in [0.3, 0.4) is 0 Å². The van der Waals surface area contributed by atoms with Gasteiger partial charge in [-0.25, -0.2) is 9.97 Å². The summed E-state index contributed by atoms with van der Waals surface area (Å²) in [5.41, 5.74) is 2.71. The van der Waals surface area contributed by atoms with Gasteiger partial charge in [0.05, 0.1) is 17.0 Å². The van der Waals surface area contributed by atoms with Crippen LogP contribution in [0.5, 0.6) is 0 Å². The van der Waals surface area contributed by atoms with Crippen LogP contribution in [0.1, 0.15) is 41.2 Å². The molecule has 0 amide bonds. The molecular weight excluding hydrogens is 398 g/mol. The Kier molecular flexibility index (Phi) is 5.66. The highest BCUT2D eigenvalue weighted by molar-refractivity contribution is 7.15.